The van der Waals surface area contributed by atoms with Gasteiger partial charge >= 0.3 is 0 Å². The van der Waals surface area contributed by atoms with E-state index in [1.807, 2.05) is 83.4 Å². The molecule has 0 atom stereocenters. The molecule has 0 spiro atoms. The molecule has 0 unspecified atom stereocenters. The lowest BCUT2D eigenvalue weighted by Crippen LogP contribution is -2.14. The summed E-state index contributed by atoms with van der Waals surface area (Å²) in [6, 6.07) is 31.6. The van der Waals surface area contributed by atoms with E-state index in [1.54, 1.807) is 24.3 Å². The van der Waals surface area contributed by atoms with Gasteiger partial charge in [0.1, 0.15) is 11.5 Å². The van der Waals surface area contributed by atoms with Gasteiger partial charge in [0.25, 0.3) is 0 Å². The van der Waals surface area contributed by atoms with Gasteiger partial charge in [0, 0.05) is 29.2 Å². The second kappa shape index (κ2) is 8.32. The predicted octanol–water partition coefficient (Wildman–Crippen LogP) is 5.36. The molecule has 0 aliphatic carbocycles. The van der Waals surface area contributed by atoms with Gasteiger partial charge in [-0.1, -0.05) is 66.7 Å². The van der Waals surface area contributed by atoms with Crippen LogP contribution >= 0.6 is 0 Å². The van der Waals surface area contributed by atoms with Crippen LogP contribution in [0.1, 0.15) is 16.1 Å². The Hall–Kier alpha value is -4.51. The highest BCUT2D eigenvalue weighted by Crippen LogP contribution is 2.25. The number of ketones is 1. The van der Waals surface area contributed by atoms with Crippen molar-refractivity contribution >= 4 is 28.2 Å². The van der Waals surface area contributed by atoms with Crippen molar-refractivity contribution in [2.24, 2.45) is 0 Å². The van der Waals surface area contributed by atoms with Crippen LogP contribution in [0.4, 0.5) is 11.5 Å². The highest BCUT2D eigenvalue weighted by Gasteiger charge is 2.16. The van der Waals surface area contributed by atoms with Crippen LogP contribution in [0.3, 0.4) is 0 Å². The van der Waals surface area contributed by atoms with Crippen LogP contribution in [-0.2, 0) is 0 Å². The van der Waals surface area contributed by atoms with E-state index < -0.39 is 0 Å². The van der Waals surface area contributed by atoms with E-state index >= 15 is 0 Å². The smallest absolute Gasteiger partial charge is 0.211 e. The van der Waals surface area contributed by atoms with Crippen LogP contribution in [0.25, 0.3) is 16.6 Å². The number of carbonyl (C=O) groups excluding carboxylic acids is 1. The number of fused-ring (bicyclic) bond motifs is 1. The molecule has 5 nitrogen and oxygen atoms in total. The van der Waals surface area contributed by atoms with Crippen LogP contribution < -0.4 is 10.7 Å². The molecule has 0 saturated carbocycles. The number of benzene rings is 3. The SMILES string of the molecule is O=C(c1ccccc1)c1cc2c(cn1)c(=O)cc(Nc1ccccc1)n2-c1ccccc1. The zero-order valence-electron chi connectivity index (χ0n) is 17.1. The molecule has 1 N–H and O–H groups in total. The molecule has 154 valence electrons. The predicted molar refractivity (Wildman–Crippen MR) is 127 cm³/mol. The van der Waals surface area contributed by atoms with E-state index in [0.717, 1.165) is 11.4 Å². The number of pyridine rings is 2. The molecule has 0 amide bonds. The maximum atomic E-state index is 13.0. The average molecular weight is 417 g/mol. The van der Waals surface area contributed by atoms with Crippen molar-refractivity contribution < 1.29 is 4.79 Å². The Morgan fingerprint density at radius 3 is 2.09 bits per heavy atom. The van der Waals surface area contributed by atoms with Crippen LogP contribution in [0, 0.1) is 0 Å². The largest absolute Gasteiger partial charge is 0.341 e. The summed E-state index contributed by atoms with van der Waals surface area (Å²) in [5.74, 6) is 0.408. The van der Waals surface area contributed by atoms with Gasteiger partial charge in [-0.3, -0.25) is 19.1 Å². The first-order valence-electron chi connectivity index (χ1n) is 10.2. The molecule has 2 heterocycles. The lowest BCUT2D eigenvalue weighted by Gasteiger charge is -2.18. The second-order valence-corrected chi connectivity index (χ2v) is 7.34. The molecule has 5 aromatic rings. The van der Waals surface area contributed by atoms with E-state index in [1.165, 1.54) is 6.20 Å². The molecule has 3 aromatic carbocycles. The first kappa shape index (κ1) is 19.5. The molecule has 0 bridgehead atoms. The normalized spacial score (nSPS) is 10.8. The number of nitrogens with one attached hydrogen (secondary N) is 1. The zero-order valence-corrected chi connectivity index (χ0v) is 17.1. The van der Waals surface area contributed by atoms with Crippen molar-refractivity contribution in [1.29, 1.82) is 0 Å². The number of nitrogens with zero attached hydrogens (tertiary/aromatic N) is 2. The monoisotopic (exact) mass is 417 g/mol. The fourth-order valence-electron chi connectivity index (χ4n) is 3.69. The third-order valence-corrected chi connectivity index (χ3v) is 5.23. The van der Waals surface area contributed by atoms with Gasteiger partial charge in [0.05, 0.1) is 10.9 Å². The minimum Gasteiger partial charge on any atom is -0.341 e. The zero-order chi connectivity index (χ0) is 21.9. The number of hydrogen-bond donors (Lipinski definition) is 1. The lowest BCUT2D eigenvalue weighted by atomic mass is 10.1. The van der Waals surface area contributed by atoms with Crippen molar-refractivity contribution in [2.45, 2.75) is 0 Å². The Balaban J connectivity index is 1.75. The van der Waals surface area contributed by atoms with Crippen LogP contribution in [0.15, 0.2) is 114 Å². The van der Waals surface area contributed by atoms with Gasteiger partial charge in [0.2, 0.25) is 5.78 Å². The second-order valence-electron chi connectivity index (χ2n) is 7.34. The molecule has 0 fully saturated rings. The number of para-hydroxylation sites is 2. The molecule has 5 heteroatoms. The average Bonchev–Trinajstić information content (AvgIpc) is 2.85. The number of rotatable bonds is 5. The van der Waals surface area contributed by atoms with Gasteiger partial charge < -0.3 is 5.32 Å². The fourth-order valence-corrected chi connectivity index (χ4v) is 3.69. The number of hydrogen-bond acceptors (Lipinski definition) is 4. The number of aromatic nitrogens is 2. The van der Waals surface area contributed by atoms with Crippen LogP contribution in [0.5, 0.6) is 0 Å². The molecule has 0 saturated heterocycles. The van der Waals surface area contributed by atoms with Gasteiger partial charge in [-0.2, -0.15) is 0 Å². The van der Waals surface area contributed by atoms with Crippen molar-refractivity contribution in [3.05, 3.63) is 131 Å². The summed E-state index contributed by atoms with van der Waals surface area (Å²) in [5.41, 5.74) is 2.98. The Bertz CT molecular complexity index is 1460. The highest BCUT2D eigenvalue weighted by molar-refractivity contribution is 6.09. The van der Waals surface area contributed by atoms with E-state index in [4.69, 9.17) is 0 Å². The molecule has 0 aliphatic rings. The molecule has 2 aromatic heterocycles. The van der Waals surface area contributed by atoms with Crippen molar-refractivity contribution in [2.75, 3.05) is 5.32 Å². The standard InChI is InChI=1S/C27H19N3O2/c31-25-17-26(29-20-12-6-2-7-13-20)30(21-14-8-3-9-15-21)24-16-23(28-18-22(24)25)27(32)19-10-4-1-5-11-19/h1-18,29H. The van der Waals surface area contributed by atoms with E-state index in [9.17, 15) is 9.59 Å². The first-order chi connectivity index (χ1) is 15.7. The molecular formula is C27H19N3O2. The Morgan fingerprint density at radius 1 is 0.781 bits per heavy atom. The summed E-state index contributed by atoms with van der Waals surface area (Å²) in [6.07, 6.45) is 1.49. The third-order valence-electron chi connectivity index (χ3n) is 5.23. The fraction of sp³-hybridized carbons (Fsp3) is 0. The number of anilines is 2. The molecular weight excluding hydrogens is 398 g/mol. The minimum atomic E-state index is -0.194. The Morgan fingerprint density at radius 2 is 1.41 bits per heavy atom. The van der Waals surface area contributed by atoms with E-state index in [0.29, 0.717) is 22.3 Å². The van der Waals surface area contributed by atoms with E-state index in [-0.39, 0.29) is 16.9 Å². The van der Waals surface area contributed by atoms with Crippen LogP contribution in [0.2, 0.25) is 0 Å². The summed E-state index contributed by atoms with van der Waals surface area (Å²) in [7, 11) is 0. The maximum Gasteiger partial charge on any atom is 0.211 e. The summed E-state index contributed by atoms with van der Waals surface area (Å²) < 4.78 is 1.94. The topological polar surface area (TPSA) is 64.0 Å². The van der Waals surface area contributed by atoms with E-state index in [2.05, 4.69) is 10.3 Å². The third kappa shape index (κ3) is 3.68. The Kier molecular flexibility index (Phi) is 5.06. The number of carbonyl (C=O) groups is 1. The van der Waals surface area contributed by atoms with Gasteiger partial charge in [-0.05, 0) is 30.3 Å². The first-order valence-corrected chi connectivity index (χ1v) is 10.2. The van der Waals surface area contributed by atoms with Crippen LogP contribution in [-0.4, -0.2) is 15.3 Å². The maximum absolute atomic E-state index is 13.0. The van der Waals surface area contributed by atoms with Crippen molar-refractivity contribution in [3.8, 4) is 5.69 Å². The van der Waals surface area contributed by atoms with Gasteiger partial charge in [-0.25, -0.2) is 0 Å². The quantitative estimate of drug-likeness (QED) is 0.391. The molecule has 0 aliphatic heterocycles. The van der Waals surface area contributed by atoms with Gasteiger partial charge in [-0.15, -0.1) is 0 Å². The summed E-state index contributed by atoms with van der Waals surface area (Å²) in [4.78, 5) is 30.3. The molecule has 0 radical (unpaired) electrons. The molecule has 32 heavy (non-hydrogen) atoms. The summed E-state index contributed by atoms with van der Waals surface area (Å²) in [6.45, 7) is 0. The van der Waals surface area contributed by atoms with Gasteiger partial charge in [0.15, 0.2) is 5.43 Å². The van der Waals surface area contributed by atoms with Crippen molar-refractivity contribution in [1.82, 2.24) is 9.55 Å². The van der Waals surface area contributed by atoms with Crippen molar-refractivity contribution in [3.63, 3.8) is 0 Å². The summed E-state index contributed by atoms with van der Waals surface area (Å²) >= 11 is 0. The summed E-state index contributed by atoms with van der Waals surface area (Å²) in [5, 5.41) is 3.78. The molecule has 5 rings (SSSR count). The highest BCUT2D eigenvalue weighted by atomic mass is 16.1. The lowest BCUT2D eigenvalue weighted by molar-refractivity contribution is 0.103. The minimum absolute atomic E-state index is 0.170. The Labute approximate surface area is 184 Å².